The average molecular weight is 610 g/mol. The zero-order valence-electron chi connectivity index (χ0n) is 2.51. The summed E-state index contributed by atoms with van der Waals surface area (Å²) in [6.07, 6.45) is 0. The van der Waals surface area contributed by atoms with E-state index in [1.165, 1.54) is 0 Å². The van der Waals surface area contributed by atoms with Gasteiger partial charge in [0.25, 0.3) is 0 Å². The maximum absolute atomic E-state index is 2.25. The second-order valence-corrected chi connectivity index (χ2v) is 0. The minimum Gasteiger partial charge on any atom is 0 e. The number of rotatable bonds is 0. The summed E-state index contributed by atoms with van der Waals surface area (Å²) in [6, 6.07) is 0. The first-order valence-electron chi connectivity index (χ1n) is 0.400. The monoisotopic (exact) mass is 614 g/mol. The Hall–Kier alpha value is 3.43. The summed E-state index contributed by atoms with van der Waals surface area (Å²) >= 11 is 9.00. The summed E-state index contributed by atoms with van der Waals surface area (Å²) in [6.45, 7) is 0. The average Bonchev–Trinajstić information content (AvgIpc) is 1.50. The Balaban J connectivity index is -0.00000000500. The van der Waals surface area contributed by atoms with Gasteiger partial charge in [-0.25, -0.2) is 0 Å². The smallest absolute Gasteiger partial charge is 0 e. The van der Waals surface area contributed by atoms with Crippen molar-refractivity contribution in [2.45, 2.75) is 0 Å². The van der Waals surface area contributed by atoms with E-state index in [2.05, 4.69) is 56.7 Å². The standard InChI is InChI=1S/Pd.2H2Se2.W/c;2*1-2;/h;2*1-2H;. The maximum Gasteiger partial charge on any atom is 0 e. The Bertz CT molecular complexity index is 7.51. The number of hydrogen-bond donors (Lipinski definition) is 0. The quantitative estimate of drug-likeness (QED) is 0.265. The van der Waals surface area contributed by atoms with E-state index in [1.54, 1.807) is 0 Å². The Morgan fingerprint density at radius 1 is 0.667 bits per heavy atom. The summed E-state index contributed by atoms with van der Waals surface area (Å²) in [5.74, 6) is 0. The van der Waals surface area contributed by atoms with Gasteiger partial charge in [-0.3, -0.25) is 0 Å². The minimum atomic E-state index is 0. The fourth-order valence-electron chi connectivity index (χ4n) is 0. The van der Waals surface area contributed by atoms with Crippen molar-refractivity contribution in [1.82, 2.24) is 0 Å². The SMILES string of the molecule is [Pd].[SeH][SeH].[SeH][SeH].[W]. The van der Waals surface area contributed by atoms with Gasteiger partial charge in [0.05, 0.1) is 0 Å². The molecule has 6 heavy (non-hydrogen) atoms. The van der Waals surface area contributed by atoms with Crippen LogP contribution in [-0.4, -0.2) is 56.7 Å². The molecule has 6 heteroatoms. The van der Waals surface area contributed by atoms with Crippen molar-refractivity contribution in [2.75, 3.05) is 0 Å². The van der Waals surface area contributed by atoms with Crippen molar-refractivity contribution in [3.8, 4) is 0 Å². The molecule has 0 aliphatic carbocycles. The van der Waals surface area contributed by atoms with Gasteiger partial charge >= 0.3 is 56.7 Å². The zero-order chi connectivity index (χ0) is 4.00. The van der Waals surface area contributed by atoms with Crippen LogP contribution in [0.25, 0.3) is 0 Å². The van der Waals surface area contributed by atoms with Gasteiger partial charge in [-0.15, -0.1) is 0 Å². The van der Waals surface area contributed by atoms with E-state index in [-0.39, 0.29) is 41.5 Å². The van der Waals surface area contributed by atoms with E-state index in [1.807, 2.05) is 0 Å². The van der Waals surface area contributed by atoms with Gasteiger partial charge in [0.1, 0.15) is 0 Å². The van der Waals surface area contributed by atoms with Crippen LogP contribution in [0.4, 0.5) is 0 Å². The van der Waals surface area contributed by atoms with Gasteiger partial charge in [-0.2, -0.15) is 0 Å². The molecule has 0 spiro atoms. The molecule has 0 aromatic carbocycles. The Morgan fingerprint density at radius 3 is 0.667 bits per heavy atom. The molecular formula is H4PdSe4W. The third-order valence-electron chi connectivity index (χ3n) is 0. The summed E-state index contributed by atoms with van der Waals surface area (Å²) in [4.78, 5) is 0. The van der Waals surface area contributed by atoms with Crippen molar-refractivity contribution in [3.63, 3.8) is 0 Å². The van der Waals surface area contributed by atoms with Gasteiger partial charge in [0.2, 0.25) is 0 Å². The van der Waals surface area contributed by atoms with E-state index >= 15 is 0 Å². The van der Waals surface area contributed by atoms with Crippen molar-refractivity contribution < 1.29 is 41.5 Å². The predicted octanol–water partition coefficient (Wildman–Crippen LogP) is -2.60. The second kappa shape index (κ2) is 39.6. The molecule has 44 valence electrons. The van der Waals surface area contributed by atoms with Gasteiger partial charge < -0.3 is 0 Å². The van der Waals surface area contributed by atoms with Crippen LogP contribution in [-0.2, 0) is 41.5 Å². The first-order valence-corrected chi connectivity index (χ1v) is 10.8. The van der Waals surface area contributed by atoms with Crippen molar-refractivity contribution in [2.24, 2.45) is 0 Å². The van der Waals surface area contributed by atoms with Gasteiger partial charge in [0, 0.05) is 41.5 Å². The second-order valence-electron chi connectivity index (χ2n) is 0. The van der Waals surface area contributed by atoms with E-state index in [0.29, 0.717) is 0 Å². The molecular weight excluding hydrogens is 606 g/mol. The molecule has 0 amide bonds. The molecule has 0 heterocycles. The molecule has 0 unspecified atom stereocenters. The number of hydrogen-bond acceptors (Lipinski definition) is 0. The molecule has 0 N–H and O–H groups in total. The Labute approximate surface area is 96.4 Å². The van der Waals surface area contributed by atoms with E-state index in [0.717, 1.165) is 0 Å². The van der Waals surface area contributed by atoms with Crippen LogP contribution in [0.2, 0.25) is 0 Å². The predicted molar refractivity (Wildman–Crippen MR) is 28.6 cm³/mol. The third kappa shape index (κ3) is 26.1. The zero-order valence-corrected chi connectivity index (χ0v) is 14.5. The van der Waals surface area contributed by atoms with Crippen LogP contribution in [0.3, 0.4) is 0 Å². The Kier molecular flexibility index (Phi) is 150. The minimum absolute atomic E-state index is 0. The first kappa shape index (κ1) is 22.7. The topological polar surface area (TPSA) is 0 Å². The summed E-state index contributed by atoms with van der Waals surface area (Å²) in [5.41, 5.74) is 0. The van der Waals surface area contributed by atoms with Crippen LogP contribution >= 0.6 is 0 Å². The molecule has 0 saturated heterocycles. The fraction of sp³-hybridized carbons (Fsp3) is 0. The van der Waals surface area contributed by atoms with E-state index in [4.69, 9.17) is 0 Å². The summed E-state index contributed by atoms with van der Waals surface area (Å²) in [5, 5.41) is 0. The molecule has 0 aliphatic rings. The molecule has 0 saturated carbocycles. The van der Waals surface area contributed by atoms with Crippen LogP contribution in [0, 0.1) is 0 Å². The van der Waals surface area contributed by atoms with E-state index in [9.17, 15) is 0 Å². The molecule has 0 bridgehead atoms. The largest absolute Gasteiger partial charge is 0 e. The van der Waals surface area contributed by atoms with Crippen molar-refractivity contribution in [3.05, 3.63) is 0 Å². The molecule has 0 atom stereocenters. The van der Waals surface area contributed by atoms with Crippen LogP contribution in [0.15, 0.2) is 0 Å². The molecule has 0 fully saturated rings. The first-order chi connectivity index (χ1) is 2.00. The molecule has 0 aliphatic heterocycles. The van der Waals surface area contributed by atoms with Crippen LogP contribution < -0.4 is 0 Å². The van der Waals surface area contributed by atoms with Crippen LogP contribution in [0.1, 0.15) is 0 Å². The molecule has 0 nitrogen and oxygen atoms in total. The summed E-state index contributed by atoms with van der Waals surface area (Å²) in [7, 11) is 0. The van der Waals surface area contributed by atoms with E-state index < -0.39 is 0 Å². The Morgan fingerprint density at radius 2 is 0.667 bits per heavy atom. The van der Waals surface area contributed by atoms with Crippen molar-refractivity contribution in [1.29, 1.82) is 0 Å². The normalized spacial score (nSPS) is 2.00. The maximum atomic E-state index is 2.25. The molecule has 0 radical (unpaired) electrons. The van der Waals surface area contributed by atoms with Crippen LogP contribution in [0.5, 0.6) is 0 Å². The molecule has 0 rings (SSSR count). The van der Waals surface area contributed by atoms with Gasteiger partial charge in [0.15, 0.2) is 0 Å². The fourth-order valence-corrected chi connectivity index (χ4v) is 0. The van der Waals surface area contributed by atoms with Gasteiger partial charge in [-0.05, 0) is 0 Å². The molecule has 0 aromatic heterocycles. The summed E-state index contributed by atoms with van der Waals surface area (Å²) < 4.78 is 0. The third-order valence-corrected chi connectivity index (χ3v) is 0. The van der Waals surface area contributed by atoms with Crippen molar-refractivity contribution >= 4 is 56.7 Å². The molecule has 0 aromatic rings. The van der Waals surface area contributed by atoms with Gasteiger partial charge in [-0.1, -0.05) is 0 Å².